The molecule has 6 heteroatoms. The van der Waals surface area contributed by atoms with E-state index in [1.54, 1.807) is 7.11 Å². The predicted octanol–water partition coefficient (Wildman–Crippen LogP) is 2.85. The second kappa shape index (κ2) is 11.2. The number of carbonyl (C=O) groups is 2. The van der Waals surface area contributed by atoms with Gasteiger partial charge in [-0.2, -0.15) is 0 Å². The fourth-order valence-electron chi connectivity index (χ4n) is 3.59. The number of likely N-dealkylation sites (tertiary alicyclic amines) is 1. The van der Waals surface area contributed by atoms with E-state index in [0.717, 1.165) is 17.5 Å². The number of hydrogen-bond acceptors (Lipinski definition) is 4. The normalized spacial score (nSPS) is 19.9. The van der Waals surface area contributed by atoms with E-state index in [2.05, 4.69) is 5.32 Å². The van der Waals surface area contributed by atoms with Gasteiger partial charge >= 0.3 is 0 Å². The van der Waals surface area contributed by atoms with Gasteiger partial charge in [0.25, 0.3) is 0 Å². The van der Waals surface area contributed by atoms with E-state index < -0.39 is 0 Å². The molecule has 1 N–H and O–H groups in total. The Morgan fingerprint density at radius 3 is 2.61 bits per heavy atom. The number of ether oxygens (including phenoxy) is 2. The highest BCUT2D eigenvalue weighted by Gasteiger charge is 2.40. The van der Waals surface area contributed by atoms with E-state index in [1.165, 1.54) is 0 Å². The highest BCUT2D eigenvalue weighted by Crippen LogP contribution is 2.37. The SMILES string of the molecule is COCCN1C(=O)CCC(C(=O)NCCCOC(C)C)C1c1ccc(C)cc1. The van der Waals surface area contributed by atoms with Crippen LogP contribution in [-0.2, 0) is 19.1 Å². The van der Waals surface area contributed by atoms with Gasteiger partial charge in [-0.1, -0.05) is 29.8 Å². The van der Waals surface area contributed by atoms with Crippen molar-refractivity contribution in [1.82, 2.24) is 10.2 Å². The zero-order valence-electron chi connectivity index (χ0n) is 17.6. The smallest absolute Gasteiger partial charge is 0.225 e. The van der Waals surface area contributed by atoms with Gasteiger partial charge in [0, 0.05) is 33.2 Å². The zero-order chi connectivity index (χ0) is 20.5. The lowest BCUT2D eigenvalue weighted by Crippen LogP contribution is -2.49. The van der Waals surface area contributed by atoms with Crippen LogP contribution < -0.4 is 5.32 Å². The molecule has 0 spiro atoms. The summed E-state index contributed by atoms with van der Waals surface area (Å²) in [4.78, 5) is 27.4. The van der Waals surface area contributed by atoms with Gasteiger partial charge in [-0.15, -0.1) is 0 Å². The number of nitrogens with one attached hydrogen (secondary N) is 1. The Bertz CT molecular complexity index is 630. The highest BCUT2D eigenvalue weighted by atomic mass is 16.5. The summed E-state index contributed by atoms with van der Waals surface area (Å²) in [6.45, 7) is 8.17. The Labute approximate surface area is 168 Å². The molecule has 0 aromatic heterocycles. The Morgan fingerprint density at radius 2 is 1.96 bits per heavy atom. The third-order valence-corrected chi connectivity index (χ3v) is 5.07. The molecular formula is C22H34N2O4. The zero-order valence-corrected chi connectivity index (χ0v) is 17.6. The lowest BCUT2D eigenvalue weighted by atomic mass is 9.83. The topological polar surface area (TPSA) is 67.9 Å². The summed E-state index contributed by atoms with van der Waals surface area (Å²) in [5.41, 5.74) is 2.15. The van der Waals surface area contributed by atoms with Gasteiger partial charge in [0.15, 0.2) is 0 Å². The highest BCUT2D eigenvalue weighted by molar-refractivity contribution is 5.85. The average Bonchev–Trinajstić information content (AvgIpc) is 2.67. The molecule has 1 aromatic rings. The van der Waals surface area contributed by atoms with E-state index in [4.69, 9.17) is 9.47 Å². The van der Waals surface area contributed by atoms with Gasteiger partial charge in [0.1, 0.15) is 0 Å². The molecule has 0 bridgehead atoms. The Morgan fingerprint density at radius 1 is 1.25 bits per heavy atom. The number of piperidine rings is 1. The minimum atomic E-state index is -0.261. The van der Waals surface area contributed by atoms with E-state index in [1.807, 2.05) is 49.9 Å². The molecule has 0 radical (unpaired) electrons. The van der Waals surface area contributed by atoms with Gasteiger partial charge < -0.3 is 19.7 Å². The largest absolute Gasteiger partial charge is 0.383 e. The number of hydrogen-bond donors (Lipinski definition) is 1. The van der Waals surface area contributed by atoms with E-state index in [9.17, 15) is 9.59 Å². The first-order valence-corrected chi connectivity index (χ1v) is 10.2. The van der Waals surface area contributed by atoms with E-state index in [0.29, 0.717) is 39.1 Å². The molecule has 1 saturated heterocycles. The summed E-state index contributed by atoms with van der Waals surface area (Å²) < 4.78 is 10.7. The fourth-order valence-corrected chi connectivity index (χ4v) is 3.59. The van der Waals surface area contributed by atoms with Gasteiger partial charge in [-0.3, -0.25) is 9.59 Å². The molecule has 2 amide bonds. The molecule has 6 nitrogen and oxygen atoms in total. The summed E-state index contributed by atoms with van der Waals surface area (Å²) in [5.74, 6) is -0.176. The number of benzene rings is 1. The van der Waals surface area contributed by atoms with Crippen molar-refractivity contribution < 1.29 is 19.1 Å². The molecule has 1 fully saturated rings. The Kier molecular flexibility index (Phi) is 8.93. The standard InChI is InChI=1S/C22H34N2O4/c1-16(2)28-14-5-12-23-22(26)19-10-11-20(25)24(13-15-27-4)21(19)18-8-6-17(3)7-9-18/h6-9,16,19,21H,5,10-15H2,1-4H3,(H,23,26). The van der Waals surface area contributed by atoms with E-state index >= 15 is 0 Å². The van der Waals surface area contributed by atoms with Crippen LogP contribution in [0, 0.1) is 12.8 Å². The van der Waals surface area contributed by atoms with E-state index in [-0.39, 0.29) is 29.9 Å². The summed E-state index contributed by atoms with van der Waals surface area (Å²) in [5, 5.41) is 3.04. The summed E-state index contributed by atoms with van der Waals surface area (Å²) in [6.07, 6.45) is 1.92. The number of aryl methyl sites for hydroxylation is 1. The maximum absolute atomic E-state index is 13.0. The summed E-state index contributed by atoms with van der Waals surface area (Å²) >= 11 is 0. The maximum atomic E-state index is 13.0. The monoisotopic (exact) mass is 390 g/mol. The second-order valence-electron chi connectivity index (χ2n) is 7.64. The molecule has 2 unspecified atom stereocenters. The summed E-state index contributed by atoms with van der Waals surface area (Å²) in [6, 6.07) is 7.84. The van der Waals surface area contributed by atoms with Gasteiger partial charge in [-0.25, -0.2) is 0 Å². The van der Waals surface area contributed by atoms with Crippen molar-refractivity contribution in [3.8, 4) is 0 Å². The molecular weight excluding hydrogens is 356 g/mol. The third-order valence-electron chi connectivity index (χ3n) is 5.07. The van der Waals surface area contributed by atoms with Crippen LogP contribution in [0.5, 0.6) is 0 Å². The minimum Gasteiger partial charge on any atom is -0.383 e. The van der Waals surface area contributed by atoms with Crippen LogP contribution in [0.25, 0.3) is 0 Å². The third kappa shape index (κ3) is 6.31. The van der Waals surface area contributed by atoms with Crippen LogP contribution >= 0.6 is 0 Å². The van der Waals surface area contributed by atoms with Crippen LogP contribution in [0.3, 0.4) is 0 Å². The van der Waals surface area contributed by atoms with Crippen molar-refractivity contribution in [3.63, 3.8) is 0 Å². The van der Waals surface area contributed by atoms with Crippen LogP contribution in [0.15, 0.2) is 24.3 Å². The maximum Gasteiger partial charge on any atom is 0.225 e. The summed E-state index contributed by atoms with van der Waals surface area (Å²) in [7, 11) is 1.62. The Balaban J connectivity index is 2.11. The van der Waals surface area contributed by atoms with Gasteiger partial charge in [-0.05, 0) is 39.2 Å². The number of methoxy groups -OCH3 is 1. The average molecular weight is 391 g/mol. The number of rotatable bonds is 10. The molecule has 2 atom stereocenters. The van der Waals surface area contributed by atoms with Crippen LogP contribution in [-0.4, -0.2) is 56.2 Å². The molecule has 28 heavy (non-hydrogen) atoms. The van der Waals surface area contributed by atoms with Crippen LogP contribution in [0.2, 0.25) is 0 Å². The molecule has 156 valence electrons. The fraction of sp³-hybridized carbons (Fsp3) is 0.636. The molecule has 1 heterocycles. The second-order valence-corrected chi connectivity index (χ2v) is 7.64. The van der Waals surface area contributed by atoms with Crippen LogP contribution in [0.1, 0.15) is 50.3 Å². The van der Waals surface area contributed by atoms with Gasteiger partial charge in [0.2, 0.25) is 11.8 Å². The first-order valence-electron chi connectivity index (χ1n) is 10.2. The van der Waals surface area contributed by atoms with Crippen molar-refractivity contribution in [2.45, 2.75) is 52.2 Å². The lowest BCUT2D eigenvalue weighted by Gasteiger charge is -2.40. The van der Waals surface area contributed by atoms with Crippen molar-refractivity contribution in [3.05, 3.63) is 35.4 Å². The van der Waals surface area contributed by atoms with Crippen molar-refractivity contribution in [2.75, 3.05) is 33.4 Å². The molecule has 0 saturated carbocycles. The number of nitrogens with zero attached hydrogens (tertiary/aromatic N) is 1. The van der Waals surface area contributed by atoms with Crippen molar-refractivity contribution in [2.24, 2.45) is 5.92 Å². The number of amides is 2. The van der Waals surface area contributed by atoms with Crippen molar-refractivity contribution in [1.29, 1.82) is 0 Å². The van der Waals surface area contributed by atoms with Crippen molar-refractivity contribution >= 4 is 11.8 Å². The van der Waals surface area contributed by atoms with Crippen LogP contribution in [0.4, 0.5) is 0 Å². The quantitative estimate of drug-likeness (QED) is 0.624. The molecule has 2 rings (SSSR count). The predicted molar refractivity (Wildman–Crippen MR) is 109 cm³/mol. The first-order chi connectivity index (χ1) is 13.4. The molecule has 0 aliphatic carbocycles. The molecule has 1 aliphatic heterocycles. The lowest BCUT2D eigenvalue weighted by molar-refractivity contribution is -0.144. The first kappa shape index (κ1) is 22.4. The minimum absolute atomic E-state index is 0.00467. The Hall–Kier alpha value is -1.92. The molecule has 1 aliphatic rings. The molecule has 1 aromatic carbocycles. The van der Waals surface area contributed by atoms with Gasteiger partial charge in [0.05, 0.1) is 24.7 Å². The number of carbonyl (C=O) groups excluding carboxylic acids is 2.